The quantitative estimate of drug-likeness (QED) is 0.480. The lowest BCUT2D eigenvalue weighted by atomic mass is 9.80. The zero-order chi connectivity index (χ0) is 19.3. The molecule has 2 N–H and O–H groups in total. The zero-order valence-electron chi connectivity index (χ0n) is 15.6. The third-order valence-corrected chi connectivity index (χ3v) is 5.83. The van der Waals surface area contributed by atoms with Crippen LogP contribution in [0.4, 0.5) is 11.4 Å². The normalized spacial score (nSPS) is 14.0. The van der Waals surface area contributed by atoms with E-state index in [1.165, 1.54) is 0 Å². The molecule has 0 spiro atoms. The van der Waals surface area contributed by atoms with Gasteiger partial charge in [0, 0.05) is 5.39 Å². The molecule has 0 bridgehead atoms. The first-order chi connectivity index (χ1) is 13.6. The van der Waals surface area contributed by atoms with Gasteiger partial charge in [0.05, 0.1) is 11.7 Å². The Hall–Kier alpha value is -3.30. The summed E-state index contributed by atoms with van der Waals surface area (Å²) < 4.78 is 0. The second-order valence-electron chi connectivity index (χ2n) is 7.36. The Labute approximate surface area is 164 Å². The average Bonchev–Trinajstić information content (AvgIpc) is 3.51. The fraction of sp³-hybridized carbons (Fsp3) is 0.120. The highest BCUT2D eigenvalue weighted by molar-refractivity contribution is 6.15. The van der Waals surface area contributed by atoms with Crippen molar-refractivity contribution in [2.75, 3.05) is 4.90 Å². The molecule has 0 aromatic heterocycles. The topological polar surface area (TPSA) is 43.5 Å². The van der Waals surface area contributed by atoms with Crippen LogP contribution < -0.4 is 4.90 Å². The summed E-state index contributed by atoms with van der Waals surface area (Å²) in [6, 6.07) is 29.0. The van der Waals surface area contributed by atoms with Crippen LogP contribution in [-0.4, -0.2) is 16.3 Å². The molecule has 1 heterocycles. The molecule has 3 nitrogen and oxygen atoms in total. The van der Waals surface area contributed by atoms with E-state index in [1.54, 1.807) is 6.07 Å². The lowest BCUT2D eigenvalue weighted by molar-refractivity contribution is 0.0601. The van der Waals surface area contributed by atoms with Gasteiger partial charge in [0.2, 0.25) is 0 Å². The summed E-state index contributed by atoms with van der Waals surface area (Å²) in [4.78, 5) is 2.05. The number of fused-ring (bicyclic) bond motifs is 3. The maximum atomic E-state index is 12.0. The summed E-state index contributed by atoms with van der Waals surface area (Å²) >= 11 is 0. The third kappa shape index (κ3) is 2.33. The van der Waals surface area contributed by atoms with Crippen LogP contribution in [0.2, 0.25) is 0 Å². The van der Waals surface area contributed by atoms with Crippen LogP contribution in [0.1, 0.15) is 18.1 Å². The molecule has 1 aliphatic rings. The van der Waals surface area contributed by atoms with Gasteiger partial charge in [0.1, 0.15) is 17.0 Å². The van der Waals surface area contributed by atoms with Crippen LogP contribution in [0.25, 0.3) is 10.8 Å². The number of nitrogens with zero attached hydrogens (tertiary/aromatic N) is 1. The Bertz CT molecular complexity index is 1120. The lowest BCUT2D eigenvalue weighted by Gasteiger charge is -2.36. The number of anilines is 2. The van der Waals surface area contributed by atoms with E-state index in [4.69, 9.17) is 0 Å². The van der Waals surface area contributed by atoms with Gasteiger partial charge in [0.15, 0.2) is 0 Å². The molecular weight excluding hydrogens is 346 g/mol. The summed E-state index contributed by atoms with van der Waals surface area (Å²) in [5, 5.41) is 24.7. The minimum Gasteiger partial charge on any atom is -0.506 e. The second kappa shape index (κ2) is 6.11. The van der Waals surface area contributed by atoms with Gasteiger partial charge >= 0.3 is 0 Å². The molecule has 0 amide bonds. The number of aliphatic hydroxyl groups is 1. The van der Waals surface area contributed by atoms with Crippen molar-refractivity contribution in [3.05, 3.63) is 102 Å². The molecule has 4 aromatic carbocycles. The van der Waals surface area contributed by atoms with Crippen LogP contribution in [0.3, 0.4) is 0 Å². The average molecular weight is 367 g/mol. The van der Waals surface area contributed by atoms with Gasteiger partial charge in [-0.3, -0.25) is 0 Å². The van der Waals surface area contributed by atoms with E-state index in [9.17, 15) is 10.2 Å². The Morgan fingerprint density at radius 2 is 1.29 bits per heavy atom. The standard InChI is InChI=1S/C25H21NO2/c1-17(26-23-21-15-9-8-10-18(21)16-22(27)24(23)26)25(28,19-11-4-2-5-12-19)20-13-6-3-7-14-20/h2-17,27-28H,1H3/t17-,26?/m1/s1. The molecule has 3 heteroatoms. The van der Waals surface area contributed by atoms with Gasteiger partial charge in [0.25, 0.3) is 0 Å². The van der Waals surface area contributed by atoms with E-state index in [1.807, 2.05) is 85.8 Å². The monoisotopic (exact) mass is 367 g/mol. The maximum absolute atomic E-state index is 12.0. The Morgan fingerprint density at radius 1 is 0.750 bits per heavy atom. The van der Waals surface area contributed by atoms with Crippen molar-refractivity contribution in [3.63, 3.8) is 0 Å². The maximum Gasteiger partial charge on any atom is 0.142 e. The number of hydrogen-bond acceptors (Lipinski definition) is 3. The smallest absolute Gasteiger partial charge is 0.142 e. The van der Waals surface area contributed by atoms with Crippen LogP contribution in [0.15, 0.2) is 91.0 Å². The van der Waals surface area contributed by atoms with Gasteiger partial charge in [-0.2, -0.15) is 0 Å². The van der Waals surface area contributed by atoms with Gasteiger partial charge in [-0.05, 0) is 29.5 Å². The number of benzene rings is 4. The summed E-state index contributed by atoms with van der Waals surface area (Å²) in [7, 11) is 0. The molecule has 138 valence electrons. The first-order valence-corrected chi connectivity index (χ1v) is 9.49. The molecule has 0 saturated heterocycles. The van der Waals surface area contributed by atoms with Gasteiger partial charge in [-0.25, -0.2) is 0 Å². The number of phenols is 1. The number of phenolic OH excluding ortho intramolecular Hbond substituents is 1. The Morgan fingerprint density at radius 3 is 1.89 bits per heavy atom. The molecule has 0 fully saturated rings. The predicted molar refractivity (Wildman–Crippen MR) is 113 cm³/mol. The van der Waals surface area contributed by atoms with E-state index in [-0.39, 0.29) is 11.8 Å². The lowest BCUT2D eigenvalue weighted by Crippen LogP contribution is -2.44. The number of aromatic hydroxyl groups is 1. The highest BCUT2D eigenvalue weighted by atomic mass is 16.3. The fourth-order valence-corrected chi connectivity index (χ4v) is 4.34. The molecule has 1 atom stereocenters. The molecule has 1 aliphatic heterocycles. The highest BCUT2D eigenvalue weighted by Gasteiger charge is 2.49. The van der Waals surface area contributed by atoms with E-state index >= 15 is 0 Å². The van der Waals surface area contributed by atoms with Crippen molar-refractivity contribution in [2.24, 2.45) is 0 Å². The molecule has 0 radical (unpaired) electrons. The van der Waals surface area contributed by atoms with Gasteiger partial charge in [-0.15, -0.1) is 0 Å². The van der Waals surface area contributed by atoms with E-state index in [0.29, 0.717) is 0 Å². The Balaban J connectivity index is 1.66. The first-order valence-electron chi connectivity index (χ1n) is 9.49. The molecular formula is C25H21NO2. The van der Waals surface area contributed by atoms with Crippen LogP contribution in [0.5, 0.6) is 5.75 Å². The molecule has 0 saturated carbocycles. The minimum atomic E-state index is -1.23. The van der Waals surface area contributed by atoms with Gasteiger partial charge < -0.3 is 15.1 Å². The summed E-state index contributed by atoms with van der Waals surface area (Å²) in [6.07, 6.45) is 0. The van der Waals surface area contributed by atoms with Crippen molar-refractivity contribution in [1.29, 1.82) is 0 Å². The highest BCUT2D eigenvalue weighted by Crippen LogP contribution is 2.61. The zero-order valence-corrected chi connectivity index (χ0v) is 15.6. The molecule has 0 aliphatic carbocycles. The molecule has 28 heavy (non-hydrogen) atoms. The second-order valence-corrected chi connectivity index (χ2v) is 7.36. The fourth-order valence-electron chi connectivity index (χ4n) is 4.34. The largest absolute Gasteiger partial charge is 0.506 e. The predicted octanol–water partition coefficient (Wildman–Crippen LogP) is 5.32. The van der Waals surface area contributed by atoms with E-state index < -0.39 is 5.60 Å². The van der Waals surface area contributed by atoms with Crippen molar-refractivity contribution in [2.45, 2.75) is 18.6 Å². The molecule has 4 aromatic rings. The first kappa shape index (κ1) is 16.8. The molecule has 5 rings (SSSR count). The SMILES string of the molecule is C[C@@H](N1c2c(O)cc3ccccc3c21)C(O)(c1ccccc1)c1ccccc1. The molecule has 0 unspecified atom stereocenters. The van der Waals surface area contributed by atoms with Crippen molar-refractivity contribution >= 4 is 22.1 Å². The van der Waals surface area contributed by atoms with Crippen molar-refractivity contribution < 1.29 is 10.2 Å². The number of hydrogen-bond donors (Lipinski definition) is 2. The minimum absolute atomic E-state index is 0.254. The van der Waals surface area contributed by atoms with Crippen LogP contribution in [0, 0.1) is 0 Å². The van der Waals surface area contributed by atoms with Gasteiger partial charge in [-0.1, -0.05) is 84.9 Å². The van der Waals surface area contributed by atoms with Crippen molar-refractivity contribution in [1.82, 2.24) is 0 Å². The third-order valence-electron chi connectivity index (χ3n) is 5.83. The van der Waals surface area contributed by atoms with E-state index in [0.717, 1.165) is 33.3 Å². The Kier molecular flexibility index (Phi) is 3.68. The number of rotatable bonds is 4. The van der Waals surface area contributed by atoms with Crippen LogP contribution >= 0.6 is 0 Å². The van der Waals surface area contributed by atoms with E-state index in [2.05, 4.69) is 11.0 Å². The summed E-state index contributed by atoms with van der Waals surface area (Å²) in [6.45, 7) is 2.01. The summed E-state index contributed by atoms with van der Waals surface area (Å²) in [5.41, 5.74) is 2.23. The van der Waals surface area contributed by atoms with Crippen LogP contribution in [-0.2, 0) is 5.60 Å². The van der Waals surface area contributed by atoms with Crippen molar-refractivity contribution in [3.8, 4) is 5.75 Å². The summed E-state index contributed by atoms with van der Waals surface area (Å²) in [5.74, 6) is 0.254.